The lowest BCUT2D eigenvalue weighted by atomic mass is 9.94. The van der Waals surface area contributed by atoms with Gasteiger partial charge in [0.2, 0.25) is 0 Å². The van der Waals surface area contributed by atoms with E-state index in [9.17, 15) is 4.79 Å². The molecule has 1 aromatic rings. The zero-order chi connectivity index (χ0) is 14.7. The van der Waals surface area contributed by atoms with Gasteiger partial charge >= 0.3 is 0 Å². The van der Waals surface area contributed by atoms with Crippen LogP contribution in [0.2, 0.25) is 0 Å². The first-order valence-electron chi connectivity index (χ1n) is 5.93. The van der Waals surface area contributed by atoms with Gasteiger partial charge in [0.05, 0.1) is 13.2 Å². The van der Waals surface area contributed by atoms with Crippen molar-refractivity contribution in [1.82, 2.24) is 5.43 Å². The van der Waals surface area contributed by atoms with E-state index in [0.29, 0.717) is 6.42 Å². The van der Waals surface area contributed by atoms with Crippen LogP contribution in [-0.2, 0) is 11.2 Å². The Morgan fingerprint density at radius 3 is 2.37 bits per heavy atom. The summed E-state index contributed by atoms with van der Waals surface area (Å²) in [5.74, 6) is 5.48. The zero-order valence-electron chi connectivity index (χ0n) is 11.6. The molecule has 0 aliphatic carbocycles. The number of hydrazine groups is 1. The van der Waals surface area contributed by atoms with Gasteiger partial charge < -0.3 is 10.5 Å². The first kappa shape index (κ1) is 15.9. The maximum Gasteiger partial charge on any atom is 0.251 e. The van der Waals surface area contributed by atoms with Crippen LogP contribution in [0.25, 0.3) is 0 Å². The number of benzene rings is 1. The molecule has 0 heterocycles. The van der Waals surface area contributed by atoms with Gasteiger partial charge in [-0.15, -0.1) is 0 Å². The van der Waals surface area contributed by atoms with Crippen LogP contribution in [0.5, 0.6) is 5.75 Å². The molecule has 6 heteroatoms. The number of ether oxygens (including phenoxy) is 1. The molecule has 5 N–H and O–H groups in total. The van der Waals surface area contributed by atoms with Gasteiger partial charge in [-0.25, -0.2) is 5.84 Å². The largest absolute Gasteiger partial charge is 0.496 e. The Balaban J connectivity index is 3.30. The van der Waals surface area contributed by atoms with Crippen molar-refractivity contribution in [3.63, 3.8) is 0 Å². The quantitative estimate of drug-likeness (QED) is 0.440. The van der Waals surface area contributed by atoms with Gasteiger partial charge in [0.25, 0.3) is 5.91 Å². The molecule has 1 unspecified atom stereocenters. The minimum atomic E-state index is -0.702. The Labute approximate surface area is 121 Å². The molecule has 0 saturated heterocycles. The van der Waals surface area contributed by atoms with E-state index >= 15 is 0 Å². The number of carbonyl (C=O) groups excluding carboxylic acids is 1. The molecule has 0 fully saturated rings. The number of nitrogens with one attached hydrogen (secondary N) is 1. The van der Waals surface area contributed by atoms with E-state index in [1.54, 1.807) is 7.11 Å². The minimum Gasteiger partial charge on any atom is -0.496 e. The van der Waals surface area contributed by atoms with Crippen LogP contribution in [0.4, 0.5) is 0 Å². The van der Waals surface area contributed by atoms with Crippen LogP contribution in [0.1, 0.15) is 22.3 Å². The van der Waals surface area contributed by atoms with Crippen molar-refractivity contribution in [2.45, 2.75) is 33.2 Å². The Hall–Kier alpha value is -1.11. The molecular weight excluding hydrogens is 310 g/mol. The number of carbonyl (C=O) groups is 1. The SMILES string of the molecule is COc1c(C)c(C)c(Br)c(C)c1CC(N)C(=O)NN. The first-order valence-corrected chi connectivity index (χ1v) is 6.72. The van der Waals surface area contributed by atoms with Gasteiger partial charge in [-0.1, -0.05) is 15.9 Å². The van der Waals surface area contributed by atoms with Crippen LogP contribution in [0.15, 0.2) is 4.47 Å². The molecule has 1 rings (SSSR count). The highest BCUT2D eigenvalue weighted by atomic mass is 79.9. The average molecular weight is 330 g/mol. The zero-order valence-corrected chi connectivity index (χ0v) is 13.2. The lowest BCUT2D eigenvalue weighted by Gasteiger charge is -2.20. The summed E-state index contributed by atoms with van der Waals surface area (Å²) < 4.78 is 6.48. The maximum absolute atomic E-state index is 11.5. The minimum absolute atomic E-state index is 0.373. The third-order valence-electron chi connectivity index (χ3n) is 3.40. The number of nitrogens with two attached hydrogens (primary N) is 2. The Morgan fingerprint density at radius 1 is 1.32 bits per heavy atom. The molecule has 1 amide bonds. The monoisotopic (exact) mass is 329 g/mol. The summed E-state index contributed by atoms with van der Waals surface area (Å²) >= 11 is 3.57. The van der Waals surface area contributed by atoms with Gasteiger partial charge in [0.15, 0.2) is 0 Å². The molecule has 0 aliphatic heterocycles. The molecule has 106 valence electrons. The Bertz CT molecular complexity index is 503. The van der Waals surface area contributed by atoms with E-state index in [1.807, 2.05) is 20.8 Å². The van der Waals surface area contributed by atoms with Crippen LogP contribution in [0, 0.1) is 20.8 Å². The second-order valence-electron chi connectivity index (χ2n) is 4.52. The van der Waals surface area contributed by atoms with Crippen molar-refractivity contribution in [2.24, 2.45) is 11.6 Å². The summed E-state index contributed by atoms with van der Waals surface area (Å²) in [5, 5.41) is 0. The van der Waals surface area contributed by atoms with Gasteiger partial charge in [0.1, 0.15) is 5.75 Å². The van der Waals surface area contributed by atoms with Crippen molar-refractivity contribution in [3.8, 4) is 5.75 Å². The number of amides is 1. The van der Waals surface area contributed by atoms with Crippen molar-refractivity contribution in [1.29, 1.82) is 0 Å². The Kier molecular flexibility index (Phi) is 5.34. The predicted octanol–water partition coefficient (Wildman–Crippen LogP) is 1.24. The molecule has 0 aliphatic rings. The lowest BCUT2D eigenvalue weighted by molar-refractivity contribution is -0.122. The molecule has 5 nitrogen and oxygen atoms in total. The fourth-order valence-electron chi connectivity index (χ4n) is 2.09. The molecule has 1 atom stereocenters. The second kappa shape index (κ2) is 6.36. The summed E-state index contributed by atoms with van der Waals surface area (Å²) in [6, 6.07) is -0.702. The predicted molar refractivity (Wildman–Crippen MR) is 78.9 cm³/mol. The van der Waals surface area contributed by atoms with E-state index in [4.69, 9.17) is 16.3 Å². The summed E-state index contributed by atoms with van der Waals surface area (Å²) in [6.45, 7) is 5.98. The highest BCUT2D eigenvalue weighted by Crippen LogP contribution is 2.36. The standard InChI is InChI=1S/C13H20BrN3O2/c1-6-7(2)12(19-4)9(8(3)11(6)14)5-10(15)13(18)17-16/h10H,5,15-16H2,1-4H3,(H,17,18). The van der Waals surface area contributed by atoms with E-state index < -0.39 is 11.9 Å². The highest BCUT2D eigenvalue weighted by Gasteiger charge is 2.21. The third-order valence-corrected chi connectivity index (χ3v) is 4.59. The third kappa shape index (κ3) is 3.08. The van der Waals surface area contributed by atoms with E-state index in [1.165, 1.54) is 0 Å². The smallest absolute Gasteiger partial charge is 0.251 e. The molecule has 0 spiro atoms. The van der Waals surface area contributed by atoms with Crippen molar-refractivity contribution in [3.05, 3.63) is 26.7 Å². The average Bonchev–Trinajstić information content (AvgIpc) is 2.41. The molecule has 0 bridgehead atoms. The topological polar surface area (TPSA) is 90.4 Å². The summed E-state index contributed by atoms with van der Waals surface area (Å²) in [6.07, 6.45) is 0.373. The Morgan fingerprint density at radius 2 is 1.89 bits per heavy atom. The number of hydrogen-bond donors (Lipinski definition) is 3. The second-order valence-corrected chi connectivity index (χ2v) is 5.31. The lowest BCUT2D eigenvalue weighted by Crippen LogP contribution is -2.45. The summed E-state index contributed by atoms with van der Waals surface area (Å²) in [5.41, 5.74) is 12.0. The molecule has 1 aromatic carbocycles. The van der Waals surface area contributed by atoms with Crippen molar-refractivity contribution < 1.29 is 9.53 Å². The van der Waals surface area contributed by atoms with Gasteiger partial charge in [-0.05, 0) is 37.5 Å². The summed E-state index contributed by atoms with van der Waals surface area (Å²) in [7, 11) is 1.62. The van der Waals surface area contributed by atoms with Crippen molar-refractivity contribution >= 4 is 21.8 Å². The molecule has 0 saturated carbocycles. The van der Waals surface area contributed by atoms with E-state index in [0.717, 1.165) is 32.5 Å². The summed E-state index contributed by atoms with van der Waals surface area (Å²) in [4.78, 5) is 11.5. The number of methoxy groups -OCH3 is 1. The van der Waals surface area contributed by atoms with Crippen LogP contribution in [-0.4, -0.2) is 19.1 Å². The maximum atomic E-state index is 11.5. The van der Waals surface area contributed by atoms with Crippen LogP contribution >= 0.6 is 15.9 Å². The van der Waals surface area contributed by atoms with Gasteiger partial charge in [-0.3, -0.25) is 10.2 Å². The van der Waals surface area contributed by atoms with Crippen LogP contribution < -0.4 is 21.7 Å². The molecular formula is C13H20BrN3O2. The van der Waals surface area contributed by atoms with Gasteiger partial charge in [0, 0.05) is 16.5 Å². The molecule has 0 aromatic heterocycles. The van der Waals surface area contributed by atoms with E-state index in [2.05, 4.69) is 21.4 Å². The van der Waals surface area contributed by atoms with Gasteiger partial charge in [-0.2, -0.15) is 0 Å². The fourth-order valence-corrected chi connectivity index (χ4v) is 2.62. The number of rotatable bonds is 4. The first-order chi connectivity index (χ1) is 8.84. The highest BCUT2D eigenvalue weighted by molar-refractivity contribution is 9.10. The number of hydrogen-bond acceptors (Lipinski definition) is 4. The number of halogens is 1. The molecule has 0 radical (unpaired) electrons. The van der Waals surface area contributed by atoms with Crippen molar-refractivity contribution in [2.75, 3.05) is 7.11 Å². The fraction of sp³-hybridized carbons (Fsp3) is 0.462. The normalized spacial score (nSPS) is 12.2. The molecule has 19 heavy (non-hydrogen) atoms. The van der Waals surface area contributed by atoms with E-state index in [-0.39, 0.29) is 0 Å². The van der Waals surface area contributed by atoms with Crippen LogP contribution in [0.3, 0.4) is 0 Å².